The van der Waals surface area contributed by atoms with Gasteiger partial charge in [0.05, 0.1) is 11.4 Å². The number of hydrogen-bond acceptors (Lipinski definition) is 2. The quantitative estimate of drug-likeness (QED) is 0.837. The first-order valence-electron chi connectivity index (χ1n) is 6.87. The van der Waals surface area contributed by atoms with Crippen molar-refractivity contribution in [2.24, 2.45) is 5.92 Å². The minimum atomic E-state index is 0.0659. The zero-order valence-electron chi connectivity index (χ0n) is 11.5. The highest BCUT2D eigenvalue weighted by molar-refractivity contribution is 5.97. The van der Waals surface area contributed by atoms with E-state index in [0.717, 1.165) is 12.0 Å². The molecule has 2 aromatic rings. The number of nitrogens with one attached hydrogen (secondary N) is 1. The monoisotopic (exact) mass is 266 g/mol. The van der Waals surface area contributed by atoms with Crippen LogP contribution in [0.25, 0.3) is 0 Å². The van der Waals surface area contributed by atoms with E-state index in [1.165, 1.54) is 5.56 Å². The van der Waals surface area contributed by atoms with E-state index in [4.69, 9.17) is 5.73 Å². The van der Waals surface area contributed by atoms with Crippen LogP contribution < -0.4 is 11.1 Å². The molecule has 0 aromatic heterocycles. The van der Waals surface area contributed by atoms with Gasteiger partial charge in [-0.1, -0.05) is 36.4 Å². The normalized spacial score (nSPS) is 20.4. The molecule has 1 saturated carbocycles. The van der Waals surface area contributed by atoms with E-state index in [1.54, 1.807) is 0 Å². The van der Waals surface area contributed by atoms with Gasteiger partial charge in [-0.25, -0.2) is 0 Å². The molecule has 1 amide bonds. The predicted molar refractivity (Wildman–Crippen MR) is 81.5 cm³/mol. The third-order valence-electron chi connectivity index (χ3n) is 3.82. The zero-order chi connectivity index (χ0) is 14.1. The molecule has 0 aliphatic heterocycles. The van der Waals surface area contributed by atoms with Crippen LogP contribution in [0, 0.1) is 12.8 Å². The molecule has 3 nitrogen and oxygen atoms in total. The highest BCUT2D eigenvalue weighted by Crippen LogP contribution is 2.48. The highest BCUT2D eigenvalue weighted by Gasteiger charge is 2.43. The van der Waals surface area contributed by atoms with E-state index in [0.29, 0.717) is 17.3 Å². The van der Waals surface area contributed by atoms with E-state index in [9.17, 15) is 4.79 Å². The molecule has 2 atom stereocenters. The summed E-state index contributed by atoms with van der Waals surface area (Å²) in [6, 6.07) is 15.9. The van der Waals surface area contributed by atoms with Gasteiger partial charge in [-0.2, -0.15) is 0 Å². The summed E-state index contributed by atoms with van der Waals surface area (Å²) < 4.78 is 0. The third kappa shape index (κ3) is 2.52. The number of carbonyl (C=O) groups is 1. The van der Waals surface area contributed by atoms with Crippen LogP contribution in [0.15, 0.2) is 48.5 Å². The van der Waals surface area contributed by atoms with Crippen LogP contribution in [-0.4, -0.2) is 5.91 Å². The maximum absolute atomic E-state index is 12.3. The van der Waals surface area contributed by atoms with Crippen LogP contribution >= 0.6 is 0 Å². The Morgan fingerprint density at radius 3 is 2.70 bits per heavy atom. The number of nitrogen functional groups attached to an aromatic ring is 1. The van der Waals surface area contributed by atoms with Crippen molar-refractivity contribution in [3.63, 3.8) is 0 Å². The first-order valence-corrected chi connectivity index (χ1v) is 6.87. The van der Waals surface area contributed by atoms with E-state index < -0.39 is 0 Å². The second-order valence-corrected chi connectivity index (χ2v) is 5.44. The Balaban J connectivity index is 1.68. The number of benzene rings is 2. The average molecular weight is 266 g/mol. The smallest absolute Gasteiger partial charge is 0.228 e. The summed E-state index contributed by atoms with van der Waals surface area (Å²) in [5.41, 5.74) is 9.55. The molecule has 102 valence electrons. The summed E-state index contributed by atoms with van der Waals surface area (Å²) in [4.78, 5) is 12.3. The Hall–Kier alpha value is -2.29. The van der Waals surface area contributed by atoms with Crippen LogP contribution in [-0.2, 0) is 4.79 Å². The lowest BCUT2D eigenvalue weighted by atomic mass is 10.1. The van der Waals surface area contributed by atoms with Crippen molar-refractivity contribution in [3.8, 4) is 0 Å². The Morgan fingerprint density at radius 2 is 1.95 bits per heavy atom. The fourth-order valence-corrected chi connectivity index (χ4v) is 2.56. The summed E-state index contributed by atoms with van der Waals surface area (Å²) in [6.07, 6.45) is 0.918. The lowest BCUT2D eigenvalue weighted by Crippen LogP contribution is -2.15. The van der Waals surface area contributed by atoms with E-state index >= 15 is 0 Å². The van der Waals surface area contributed by atoms with Crippen molar-refractivity contribution in [3.05, 3.63) is 59.7 Å². The van der Waals surface area contributed by atoms with Crippen LogP contribution in [0.4, 0.5) is 11.4 Å². The summed E-state index contributed by atoms with van der Waals surface area (Å²) in [6.45, 7) is 1.99. The van der Waals surface area contributed by atoms with Gasteiger partial charge in [-0.3, -0.25) is 4.79 Å². The first-order chi connectivity index (χ1) is 9.65. The van der Waals surface area contributed by atoms with E-state index in [1.807, 2.05) is 43.3 Å². The second kappa shape index (κ2) is 5.00. The average Bonchev–Trinajstić information content (AvgIpc) is 3.24. The number of aryl methyl sites for hydroxylation is 1. The van der Waals surface area contributed by atoms with Crippen LogP contribution in [0.5, 0.6) is 0 Å². The number of hydrogen-bond donors (Lipinski definition) is 2. The van der Waals surface area contributed by atoms with Gasteiger partial charge in [-0.05, 0) is 42.5 Å². The molecule has 20 heavy (non-hydrogen) atoms. The van der Waals surface area contributed by atoms with Crippen molar-refractivity contribution in [2.75, 3.05) is 11.1 Å². The number of carbonyl (C=O) groups excluding carboxylic acids is 1. The molecular weight excluding hydrogens is 248 g/mol. The Labute approximate surface area is 118 Å². The van der Waals surface area contributed by atoms with Crippen molar-refractivity contribution in [2.45, 2.75) is 19.3 Å². The lowest BCUT2D eigenvalue weighted by Gasteiger charge is -2.09. The maximum Gasteiger partial charge on any atom is 0.228 e. The SMILES string of the molecule is Cc1ccc(N)c(NC(=O)C2CC2c2ccccc2)c1. The zero-order valence-corrected chi connectivity index (χ0v) is 11.5. The van der Waals surface area contributed by atoms with E-state index in [2.05, 4.69) is 17.4 Å². The third-order valence-corrected chi connectivity index (χ3v) is 3.82. The van der Waals surface area contributed by atoms with Crippen molar-refractivity contribution < 1.29 is 4.79 Å². The van der Waals surface area contributed by atoms with Gasteiger partial charge in [0, 0.05) is 5.92 Å². The van der Waals surface area contributed by atoms with Crippen molar-refractivity contribution in [1.29, 1.82) is 0 Å². The fourth-order valence-electron chi connectivity index (χ4n) is 2.56. The standard InChI is InChI=1S/C17H18N2O/c1-11-7-8-15(18)16(9-11)19-17(20)14-10-13(14)12-5-3-2-4-6-12/h2-9,13-14H,10,18H2,1H3,(H,19,20). The number of rotatable bonds is 3. The molecule has 3 N–H and O–H groups in total. The summed E-state index contributed by atoms with van der Waals surface area (Å²) in [7, 11) is 0. The van der Waals surface area contributed by atoms with Crippen molar-refractivity contribution in [1.82, 2.24) is 0 Å². The molecule has 1 fully saturated rings. The molecule has 0 saturated heterocycles. The molecule has 1 aliphatic rings. The van der Waals surface area contributed by atoms with E-state index in [-0.39, 0.29) is 11.8 Å². The molecule has 2 unspecified atom stereocenters. The largest absolute Gasteiger partial charge is 0.397 e. The Morgan fingerprint density at radius 1 is 1.20 bits per heavy atom. The molecule has 2 aromatic carbocycles. The molecule has 1 aliphatic carbocycles. The minimum Gasteiger partial charge on any atom is -0.397 e. The summed E-state index contributed by atoms with van der Waals surface area (Å²) in [5, 5.41) is 2.95. The molecule has 0 radical (unpaired) electrons. The number of amides is 1. The van der Waals surface area contributed by atoms with Gasteiger partial charge in [0.2, 0.25) is 5.91 Å². The van der Waals surface area contributed by atoms with Gasteiger partial charge in [0.15, 0.2) is 0 Å². The van der Waals surface area contributed by atoms with Crippen LogP contribution in [0.2, 0.25) is 0 Å². The van der Waals surface area contributed by atoms with Gasteiger partial charge >= 0.3 is 0 Å². The molecule has 0 heterocycles. The lowest BCUT2D eigenvalue weighted by molar-refractivity contribution is -0.117. The fraction of sp³-hybridized carbons (Fsp3) is 0.235. The van der Waals surface area contributed by atoms with Gasteiger partial charge < -0.3 is 11.1 Å². The van der Waals surface area contributed by atoms with Gasteiger partial charge in [0.25, 0.3) is 0 Å². The first kappa shape index (κ1) is 12.7. The Bertz CT molecular complexity index is 637. The van der Waals surface area contributed by atoms with Gasteiger partial charge in [-0.15, -0.1) is 0 Å². The minimum absolute atomic E-state index is 0.0659. The summed E-state index contributed by atoms with van der Waals surface area (Å²) in [5.74, 6) is 0.482. The molecule has 3 heteroatoms. The van der Waals surface area contributed by atoms with Crippen LogP contribution in [0.1, 0.15) is 23.5 Å². The second-order valence-electron chi connectivity index (χ2n) is 5.44. The summed E-state index contributed by atoms with van der Waals surface area (Å²) >= 11 is 0. The predicted octanol–water partition coefficient (Wildman–Crippen LogP) is 3.32. The number of nitrogens with two attached hydrogens (primary N) is 1. The van der Waals surface area contributed by atoms with Crippen molar-refractivity contribution >= 4 is 17.3 Å². The Kier molecular flexibility index (Phi) is 3.18. The molecule has 3 rings (SSSR count). The van der Waals surface area contributed by atoms with Gasteiger partial charge in [0.1, 0.15) is 0 Å². The topological polar surface area (TPSA) is 55.1 Å². The maximum atomic E-state index is 12.3. The number of anilines is 2. The molecule has 0 bridgehead atoms. The molecule has 0 spiro atoms. The van der Waals surface area contributed by atoms with Crippen LogP contribution in [0.3, 0.4) is 0 Å². The highest BCUT2D eigenvalue weighted by atomic mass is 16.2. The molecular formula is C17H18N2O.